The van der Waals surface area contributed by atoms with Crippen LogP contribution in [0.15, 0.2) is 18.2 Å². The van der Waals surface area contributed by atoms with E-state index >= 15 is 0 Å². The summed E-state index contributed by atoms with van der Waals surface area (Å²) in [4.78, 5) is 12.1. The number of aryl methyl sites for hydroxylation is 1. The Hall–Kier alpha value is -1.79. The van der Waals surface area contributed by atoms with E-state index in [0.717, 1.165) is 30.0 Å². The maximum Gasteiger partial charge on any atom is 0.251 e. The Bertz CT molecular complexity index is 536. The van der Waals surface area contributed by atoms with Crippen LogP contribution in [0, 0.1) is 24.7 Å². The van der Waals surface area contributed by atoms with Gasteiger partial charge in [-0.3, -0.25) is 4.79 Å². The zero-order valence-electron chi connectivity index (χ0n) is 11.9. The standard InChI is InChI=1S/C17H21NO2/c1-13-7-8-16(12-15(13)6-3-11-19)17(20)18-10-9-14-4-2-5-14/h7-8,12,14,19H,2,4-5,9-11H2,1H3,(H,18,20). The number of benzene rings is 1. The molecule has 1 aromatic rings. The van der Waals surface area contributed by atoms with Crippen molar-refractivity contribution in [2.24, 2.45) is 5.92 Å². The Morgan fingerprint density at radius 3 is 2.90 bits per heavy atom. The molecule has 0 heterocycles. The predicted octanol–water partition coefficient (Wildman–Crippen LogP) is 2.26. The van der Waals surface area contributed by atoms with Gasteiger partial charge in [0.05, 0.1) is 0 Å². The maximum absolute atomic E-state index is 12.1. The fourth-order valence-corrected chi connectivity index (χ4v) is 2.31. The third-order valence-electron chi connectivity index (χ3n) is 3.86. The van der Waals surface area contributed by atoms with E-state index in [1.807, 2.05) is 19.1 Å². The molecular formula is C17H21NO2. The Labute approximate surface area is 120 Å². The first-order valence-corrected chi connectivity index (χ1v) is 7.19. The number of nitrogens with one attached hydrogen (secondary N) is 1. The van der Waals surface area contributed by atoms with E-state index in [2.05, 4.69) is 17.2 Å². The zero-order chi connectivity index (χ0) is 14.4. The molecule has 0 bridgehead atoms. The third kappa shape index (κ3) is 3.85. The molecule has 0 aromatic heterocycles. The van der Waals surface area contributed by atoms with Gasteiger partial charge in [0, 0.05) is 17.7 Å². The first-order chi connectivity index (χ1) is 9.70. The molecule has 20 heavy (non-hydrogen) atoms. The smallest absolute Gasteiger partial charge is 0.251 e. The van der Waals surface area contributed by atoms with E-state index in [9.17, 15) is 4.79 Å². The van der Waals surface area contributed by atoms with E-state index in [0.29, 0.717) is 5.56 Å². The Kier molecular flexibility index (Phi) is 5.20. The Morgan fingerprint density at radius 2 is 2.25 bits per heavy atom. The molecule has 3 heteroatoms. The summed E-state index contributed by atoms with van der Waals surface area (Å²) in [7, 11) is 0. The van der Waals surface area contributed by atoms with Crippen molar-refractivity contribution in [1.29, 1.82) is 0 Å². The first kappa shape index (κ1) is 14.6. The highest BCUT2D eigenvalue weighted by molar-refractivity contribution is 5.94. The zero-order valence-corrected chi connectivity index (χ0v) is 11.9. The minimum Gasteiger partial charge on any atom is -0.384 e. The summed E-state index contributed by atoms with van der Waals surface area (Å²) < 4.78 is 0. The highest BCUT2D eigenvalue weighted by atomic mass is 16.2. The molecule has 2 rings (SSSR count). The molecule has 1 amide bonds. The molecule has 1 aliphatic rings. The van der Waals surface area contributed by atoms with Gasteiger partial charge in [0.2, 0.25) is 0 Å². The lowest BCUT2D eigenvalue weighted by atomic mass is 9.83. The summed E-state index contributed by atoms with van der Waals surface area (Å²) in [5, 5.41) is 11.7. The summed E-state index contributed by atoms with van der Waals surface area (Å²) >= 11 is 0. The van der Waals surface area contributed by atoms with Gasteiger partial charge in [0.25, 0.3) is 5.91 Å². The van der Waals surface area contributed by atoms with E-state index in [1.165, 1.54) is 19.3 Å². The second kappa shape index (κ2) is 7.12. The molecule has 0 aliphatic heterocycles. The SMILES string of the molecule is Cc1ccc(C(=O)NCCC2CCC2)cc1C#CCO. The van der Waals surface area contributed by atoms with Crippen LogP contribution in [0.1, 0.15) is 47.2 Å². The van der Waals surface area contributed by atoms with Crippen molar-refractivity contribution in [2.75, 3.05) is 13.2 Å². The molecule has 3 nitrogen and oxygen atoms in total. The van der Waals surface area contributed by atoms with Crippen molar-refractivity contribution >= 4 is 5.91 Å². The van der Waals surface area contributed by atoms with Crippen molar-refractivity contribution in [1.82, 2.24) is 5.32 Å². The van der Waals surface area contributed by atoms with Crippen molar-refractivity contribution in [3.05, 3.63) is 34.9 Å². The molecule has 1 aromatic carbocycles. The summed E-state index contributed by atoms with van der Waals surface area (Å²) in [6.45, 7) is 2.52. The molecule has 0 radical (unpaired) electrons. The van der Waals surface area contributed by atoms with E-state index in [1.54, 1.807) is 6.07 Å². The molecular weight excluding hydrogens is 250 g/mol. The summed E-state index contributed by atoms with van der Waals surface area (Å²) in [6, 6.07) is 5.50. The molecule has 1 aliphatic carbocycles. The first-order valence-electron chi connectivity index (χ1n) is 7.19. The predicted molar refractivity (Wildman–Crippen MR) is 79.4 cm³/mol. The third-order valence-corrected chi connectivity index (χ3v) is 3.86. The van der Waals surface area contributed by atoms with Gasteiger partial charge in [-0.25, -0.2) is 0 Å². The number of aliphatic hydroxyl groups is 1. The highest BCUT2D eigenvalue weighted by Crippen LogP contribution is 2.28. The van der Waals surface area contributed by atoms with Gasteiger partial charge in [0.15, 0.2) is 0 Å². The van der Waals surface area contributed by atoms with Crippen LogP contribution in [0.3, 0.4) is 0 Å². The molecule has 106 valence electrons. The lowest BCUT2D eigenvalue weighted by Crippen LogP contribution is -2.27. The van der Waals surface area contributed by atoms with Gasteiger partial charge >= 0.3 is 0 Å². The number of carbonyl (C=O) groups is 1. The monoisotopic (exact) mass is 271 g/mol. The minimum absolute atomic E-state index is 0.0450. The molecule has 0 saturated heterocycles. The second-order valence-corrected chi connectivity index (χ2v) is 5.33. The van der Waals surface area contributed by atoms with Gasteiger partial charge in [0.1, 0.15) is 6.61 Å². The van der Waals surface area contributed by atoms with Gasteiger partial charge in [-0.2, -0.15) is 0 Å². The molecule has 0 atom stereocenters. The van der Waals surface area contributed by atoms with Crippen molar-refractivity contribution in [3.63, 3.8) is 0 Å². The molecule has 0 spiro atoms. The second-order valence-electron chi connectivity index (χ2n) is 5.33. The van der Waals surface area contributed by atoms with Gasteiger partial charge in [-0.1, -0.05) is 37.2 Å². The van der Waals surface area contributed by atoms with Crippen LogP contribution < -0.4 is 5.32 Å². The topological polar surface area (TPSA) is 49.3 Å². The van der Waals surface area contributed by atoms with Crippen LogP contribution in [0.4, 0.5) is 0 Å². The molecule has 1 saturated carbocycles. The average Bonchev–Trinajstić information content (AvgIpc) is 2.40. The van der Waals surface area contributed by atoms with Crippen LogP contribution >= 0.6 is 0 Å². The van der Waals surface area contributed by atoms with Crippen LogP contribution in [-0.4, -0.2) is 24.2 Å². The lowest BCUT2D eigenvalue weighted by molar-refractivity contribution is 0.0949. The van der Waals surface area contributed by atoms with E-state index in [4.69, 9.17) is 5.11 Å². The lowest BCUT2D eigenvalue weighted by Gasteiger charge is -2.25. The van der Waals surface area contributed by atoms with Gasteiger partial charge < -0.3 is 10.4 Å². The van der Waals surface area contributed by atoms with Gasteiger partial charge in [-0.15, -0.1) is 0 Å². The molecule has 2 N–H and O–H groups in total. The number of hydrogen-bond acceptors (Lipinski definition) is 2. The van der Waals surface area contributed by atoms with E-state index < -0.39 is 0 Å². The quantitative estimate of drug-likeness (QED) is 0.825. The van der Waals surface area contributed by atoms with Crippen molar-refractivity contribution < 1.29 is 9.90 Å². The van der Waals surface area contributed by atoms with Crippen LogP contribution in [0.25, 0.3) is 0 Å². The Morgan fingerprint density at radius 1 is 1.45 bits per heavy atom. The number of hydrogen-bond donors (Lipinski definition) is 2. The largest absolute Gasteiger partial charge is 0.384 e. The average molecular weight is 271 g/mol. The fourth-order valence-electron chi connectivity index (χ4n) is 2.31. The highest BCUT2D eigenvalue weighted by Gasteiger charge is 2.17. The summed E-state index contributed by atoms with van der Waals surface area (Å²) in [5.41, 5.74) is 2.44. The number of rotatable bonds is 4. The van der Waals surface area contributed by atoms with E-state index in [-0.39, 0.29) is 12.5 Å². The van der Waals surface area contributed by atoms with Gasteiger partial charge in [-0.05, 0) is 37.0 Å². The van der Waals surface area contributed by atoms with Crippen LogP contribution in [0.2, 0.25) is 0 Å². The Balaban J connectivity index is 1.94. The number of carbonyl (C=O) groups excluding carboxylic acids is 1. The number of aliphatic hydroxyl groups excluding tert-OH is 1. The molecule has 1 fully saturated rings. The van der Waals surface area contributed by atoms with Crippen molar-refractivity contribution in [3.8, 4) is 11.8 Å². The minimum atomic E-state index is -0.169. The normalized spacial score (nSPS) is 14.1. The van der Waals surface area contributed by atoms with Crippen LogP contribution in [-0.2, 0) is 0 Å². The van der Waals surface area contributed by atoms with Crippen LogP contribution in [0.5, 0.6) is 0 Å². The maximum atomic E-state index is 12.1. The molecule has 0 unspecified atom stereocenters. The summed E-state index contributed by atoms with van der Waals surface area (Å²) in [5.74, 6) is 6.25. The van der Waals surface area contributed by atoms with Crippen molar-refractivity contribution in [2.45, 2.75) is 32.6 Å². The number of amides is 1. The fraction of sp³-hybridized carbons (Fsp3) is 0.471. The summed E-state index contributed by atoms with van der Waals surface area (Å²) in [6.07, 6.45) is 5.03.